The second kappa shape index (κ2) is 8.27. The summed E-state index contributed by atoms with van der Waals surface area (Å²) in [6, 6.07) is 8.87. The fourth-order valence-corrected chi connectivity index (χ4v) is 2.71. The molecule has 2 nitrogen and oxygen atoms in total. The first-order valence-corrected chi connectivity index (χ1v) is 7.85. The van der Waals surface area contributed by atoms with Crippen molar-refractivity contribution < 1.29 is 13.6 Å². The van der Waals surface area contributed by atoms with Gasteiger partial charge in [-0.15, -0.1) is 0 Å². The van der Waals surface area contributed by atoms with Gasteiger partial charge in [-0.2, -0.15) is 0 Å². The zero-order valence-electron chi connectivity index (χ0n) is 12.2. The van der Waals surface area contributed by atoms with Gasteiger partial charge in [0, 0.05) is 23.0 Å². The average molecular weight is 358 g/mol. The van der Waals surface area contributed by atoms with E-state index in [0.29, 0.717) is 35.0 Å². The fraction of sp³-hybridized carbons (Fsp3) is 0.235. The van der Waals surface area contributed by atoms with Gasteiger partial charge in [-0.3, -0.25) is 4.79 Å². The summed E-state index contributed by atoms with van der Waals surface area (Å²) in [6.07, 6.45) is 1.17. The number of rotatable bonds is 6. The molecule has 0 aliphatic rings. The van der Waals surface area contributed by atoms with Crippen LogP contribution in [0.15, 0.2) is 36.4 Å². The summed E-state index contributed by atoms with van der Waals surface area (Å²) >= 11 is 11.8. The monoisotopic (exact) mass is 357 g/mol. The van der Waals surface area contributed by atoms with Crippen molar-refractivity contribution in [1.82, 2.24) is 5.32 Å². The molecule has 0 radical (unpaired) electrons. The third-order valence-electron chi connectivity index (χ3n) is 3.28. The van der Waals surface area contributed by atoms with Gasteiger partial charge in [-0.25, -0.2) is 8.78 Å². The van der Waals surface area contributed by atoms with Crippen molar-refractivity contribution in [3.8, 4) is 0 Å². The van der Waals surface area contributed by atoms with Crippen molar-refractivity contribution in [2.24, 2.45) is 0 Å². The summed E-state index contributed by atoms with van der Waals surface area (Å²) in [4.78, 5) is 11.8. The summed E-state index contributed by atoms with van der Waals surface area (Å²) in [5.41, 5.74) is 1.52. The molecule has 1 amide bonds. The van der Waals surface area contributed by atoms with E-state index in [-0.39, 0.29) is 12.3 Å². The largest absolute Gasteiger partial charge is 0.356 e. The molecule has 0 saturated carbocycles. The molecule has 2 rings (SSSR count). The van der Waals surface area contributed by atoms with Crippen LogP contribution in [0.2, 0.25) is 10.0 Å². The predicted molar refractivity (Wildman–Crippen MR) is 87.9 cm³/mol. The lowest BCUT2D eigenvalue weighted by Crippen LogP contribution is -2.25. The van der Waals surface area contributed by atoms with Crippen LogP contribution in [-0.4, -0.2) is 12.5 Å². The van der Waals surface area contributed by atoms with Gasteiger partial charge in [0.2, 0.25) is 5.91 Å². The molecule has 0 spiro atoms. The van der Waals surface area contributed by atoms with Gasteiger partial charge in [-0.1, -0.05) is 29.3 Å². The molecular formula is C17H15Cl2F2NO. The Morgan fingerprint density at radius 1 is 0.913 bits per heavy atom. The summed E-state index contributed by atoms with van der Waals surface area (Å²) in [5, 5.41) is 3.88. The van der Waals surface area contributed by atoms with Crippen LogP contribution in [-0.2, 0) is 17.6 Å². The Labute approximate surface area is 143 Å². The number of amides is 1. The third kappa shape index (κ3) is 5.81. The first kappa shape index (κ1) is 17.7. The molecule has 0 bridgehead atoms. The number of benzene rings is 2. The molecule has 2 aromatic rings. The highest BCUT2D eigenvalue weighted by Gasteiger charge is 2.06. The molecule has 0 fully saturated rings. The molecule has 0 aliphatic heterocycles. The maximum absolute atomic E-state index is 13.1. The minimum atomic E-state index is -0.902. The first-order valence-electron chi connectivity index (χ1n) is 7.09. The molecule has 6 heteroatoms. The molecular weight excluding hydrogens is 343 g/mol. The second-order valence-corrected chi connectivity index (χ2v) is 6.00. The summed E-state index contributed by atoms with van der Waals surface area (Å²) < 4.78 is 25.9. The number of carbonyl (C=O) groups excluding carboxylic acids is 1. The molecule has 0 heterocycles. The van der Waals surface area contributed by atoms with Crippen molar-refractivity contribution in [2.75, 3.05) is 6.54 Å². The molecule has 1 N–H and O–H groups in total. The van der Waals surface area contributed by atoms with E-state index in [1.54, 1.807) is 18.2 Å². The molecule has 0 aliphatic carbocycles. The van der Waals surface area contributed by atoms with Crippen LogP contribution in [0.1, 0.15) is 17.5 Å². The Balaban J connectivity index is 1.75. The Bertz CT molecular complexity index is 687. The van der Waals surface area contributed by atoms with E-state index in [0.717, 1.165) is 17.7 Å². The number of carbonyl (C=O) groups is 1. The Morgan fingerprint density at radius 3 is 2.26 bits per heavy atom. The standard InChI is InChI=1S/C17H15Cl2F2NO/c18-13-7-12(8-14(19)10-13)5-6-22-17(23)4-2-11-1-3-15(20)16(21)9-11/h1,3,7-10H,2,4-6H2,(H,22,23). The van der Waals surface area contributed by atoms with Gasteiger partial charge in [-0.05, 0) is 54.3 Å². The maximum Gasteiger partial charge on any atom is 0.220 e. The van der Waals surface area contributed by atoms with Gasteiger partial charge >= 0.3 is 0 Å². The van der Waals surface area contributed by atoms with E-state index >= 15 is 0 Å². The second-order valence-electron chi connectivity index (χ2n) is 5.13. The Morgan fingerprint density at radius 2 is 1.61 bits per heavy atom. The van der Waals surface area contributed by atoms with E-state index in [2.05, 4.69) is 5.32 Å². The number of aryl methyl sites for hydroxylation is 1. The highest BCUT2D eigenvalue weighted by Crippen LogP contribution is 2.19. The van der Waals surface area contributed by atoms with Gasteiger partial charge in [0.15, 0.2) is 11.6 Å². The van der Waals surface area contributed by atoms with E-state index in [9.17, 15) is 13.6 Å². The summed E-state index contributed by atoms with van der Waals surface area (Å²) in [6.45, 7) is 0.452. The predicted octanol–water partition coefficient (Wildman–Crippen LogP) is 4.56. The van der Waals surface area contributed by atoms with Crippen molar-refractivity contribution in [3.05, 3.63) is 69.2 Å². The zero-order chi connectivity index (χ0) is 16.8. The maximum atomic E-state index is 13.1. The molecule has 23 heavy (non-hydrogen) atoms. The van der Waals surface area contributed by atoms with Crippen LogP contribution in [0, 0.1) is 11.6 Å². The average Bonchev–Trinajstić information content (AvgIpc) is 2.47. The lowest BCUT2D eigenvalue weighted by molar-refractivity contribution is -0.121. The van der Waals surface area contributed by atoms with Crippen molar-refractivity contribution >= 4 is 29.1 Å². The zero-order valence-corrected chi connectivity index (χ0v) is 13.7. The highest BCUT2D eigenvalue weighted by atomic mass is 35.5. The number of halogens is 4. The van der Waals surface area contributed by atoms with Gasteiger partial charge in [0.05, 0.1) is 0 Å². The van der Waals surface area contributed by atoms with Gasteiger partial charge in [0.1, 0.15) is 0 Å². The molecule has 0 saturated heterocycles. The van der Waals surface area contributed by atoms with Crippen LogP contribution >= 0.6 is 23.2 Å². The van der Waals surface area contributed by atoms with Crippen LogP contribution in [0.5, 0.6) is 0 Å². The lowest BCUT2D eigenvalue weighted by atomic mass is 10.1. The molecule has 2 aromatic carbocycles. The smallest absolute Gasteiger partial charge is 0.220 e. The minimum Gasteiger partial charge on any atom is -0.356 e. The fourth-order valence-electron chi connectivity index (χ4n) is 2.14. The molecule has 0 atom stereocenters. The van der Waals surface area contributed by atoms with Gasteiger partial charge in [0.25, 0.3) is 0 Å². The first-order chi connectivity index (χ1) is 10.9. The summed E-state index contributed by atoms with van der Waals surface area (Å²) in [5.74, 6) is -1.94. The van der Waals surface area contributed by atoms with E-state index in [1.807, 2.05) is 0 Å². The van der Waals surface area contributed by atoms with Crippen LogP contribution in [0.3, 0.4) is 0 Å². The number of hydrogen-bond acceptors (Lipinski definition) is 1. The van der Waals surface area contributed by atoms with Crippen molar-refractivity contribution in [2.45, 2.75) is 19.3 Å². The number of hydrogen-bond donors (Lipinski definition) is 1. The summed E-state index contributed by atoms with van der Waals surface area (Å²) in [7, 11) is 0. The lowest BCUT2D eigenvalue weighted by Gasteiger charge is -2.07. The van der Waals surface area contributed by atoms with E-state index in [1.165, 1.54) is 6.07 Å². The number of nitrogens with one attached hydrogen (secondary N) is 1. The topological polar surface area (TPSA) is 29.1 Å². The highest BCUT2D eigenvalue weighted by molar-refractivity contribution is 6.34. The Hall–Kier alpha value is -1.65. The quantitative estimate of drug-likeness (QED) is 0.806. The van der Waals surface area contributed by atoms with E-state index < -0.39 is 11.6 Å². The van der Waals surface area contributed by atoms with Crippen LogP contribution in [0.25, 0.3) is 0 Å². The molecule has 122 valence electrons. The SMILES string of the molecule is O=C(CCc1ccc(F)c(F)c1)NCCc1cc(Cl)cc(Cl)c1. The van der Waals surface area contributed by atoms with E-state index in [4.69, 9.17) is 23.2 Å². The van der Waals surface area contributed by atoms with Gasteiger partial charge < -0.3 is 5.32 Å². The Kier molecular flexibility index (Phi) is 6.37. The van der Waals surface area contributed by atoms with Crippen molar-refractivity contribution in [3.63, 3.8) is 0 Å². The van der Waals surface area contributed by atoms with Crippen LogP contribution in [0.4, 0.5) is 8.78 Å². The minimum absolute atomic E-state index is 0.150. The molecule has 0 unspecified atom stereocenters. The molecule has 0 aromatic heterocycles. The normalized spacial score (nSPS) is 10.6. The third-order valence-corrected chi connectivity index (χ3v) is 3.72. The van der Waals surface area contributed by atoms with Crippen LogP contribution < -0.4 is 5.32 Å². The van der Waals surface area contributed by atoms with Crippen molar-refractivity contribution in [1.29, 1.82) is 0 Å².